The average Bonchev–Trinajstić information content (AvgIpc) is 3.21. The summed E-state index contributed by atoms with van der Waals surface area (Å²) in [5, 5.41) is 14.3. The van der Waals surface area contributed by atoms with Gasteiger partial charge in [-0.1, -0.05) is 13.0 Å². The second kappa shape index (κ2) is 11.1. The molecule has 0 unspecified atom stereocenters. The maximum absolute atomic E-state index is 9.79. The minimum atomic E-state index is -0.153. The van der Waals surface area contributed by atoms with Crippen molar-refractivity contribution in [2.45, 2.75) is 52.2 Å². The summed E-state index contributed by atoms with van der Waals surface area (Å²) < 4.78 is 6.28. The first-order valence-corrected chi connectivity index (χ1v) is 13.9. The summed E-state index contributed by atoms with van der Waals surface area (Å²) in [5.41, 5.74) is 4.52. The number of ether oxygens (including phenoxy) is 1. The van der Waals surface area contributed by atoms with E-state index in [0.29, 0.717) is 6.61 Å². The highest BCUT2D eigenvalue weighted by atomic mass is 32.1. The number of thiazole rings is 1. The molecule has 1 N–H and O–H groups in total. The van der Waals surface area contributed by atoms with E-state index in [1.807, 2.05) is 12.3 Å². The molecule has 188 valence electrons. The van der Waals surface area contributed by atoms with Gasteiger partial charge in [-0.25, -0.2) is 4.98 Å². The van der Waals surface area contributed by atoms with Gasteiger partial charge in [0.2, 0.25) is 0 Å². The number of benzene rings is 1. The molecule has 2 aromatic heterocycles. The highest BCUT2D eigenvalue weighted by Gasteiger charge is 2.24. The molecule has 0 bridgehead atoms. The number of hydrogen-bond acceptors (Lipinski definition) is 8. The molecule has 2 aliphatic heterocycles. The number of anilines is 2. The van der Waals surface area contributed by atoms with Gasteiger partial charge in [-0.3, -0.25) is 9.88 Å². The molecule has 35 heavy (non-hydrogen) atoms. The zero-order valence-corrected chi connectivity index (χ0v) is 21.8. The number of nitrogens with zero attached hydrogens (tertiary/aromatic N) is 5. The van der Waals surface area contributed by atoms with Crippen molar-refractivity contribution >= 4 is 33.1 Å². The fraction of sp³-hybridized carbons (Fsp3) is 0.556. The second-order valence-corrected chi connectivity index (χ2v) is 10.6. The van der Waals surface area contributed by atoms with Gasteiger partial charge in [-0.2, -0.15) is 0 Å². The molecule has 3 aromatic rings. The molecule has 2 fully saturated rings. The first-order valence-electron chi connectivity index (χ1n) is 13.0. The Bertz CT molecular complexity index is 1130. The van der Waals surface area contributed by atoms with Gasteiger partial charge in [0.05, 0.1) is 23.9 Å². The van der Waals surface area contributed by atoms with Crippen LogP contribution in [0.15, 0.2) is 29.8 Å². The number of hydrogen-bond donors (Lipinski definition) is 1. The van der Waals surface area contributed by atoms with Gasteiger partial charge in [0, 0.05) is 62.8 Å². The van der Waals surface area contributed by atoms with Crippen molar-refractivity contribution in [3.8, 4) is 5.75 Å². The molecule has 2 aliphatic rings. The topological polar surface area (TPSA) is 65.0 Å². The van der Waals surface area contributed by atoms with Gasteiger partial charge in [-0.15, -0.1) is 11.3 Å². The van der Waals surface area contributed by atoms with Crippen LogP contribution in [0.25, 0.3) is 10.9 Å². The maximum atomic E-state index is 9.79. The largest absolute Gasteiger partial charge is 0.491 e. The SMILES string of the molecule is CCCOc1c(C)cc2cccnc2c1N1CCCN(Cc2csc(N3CCC(O)CC3)n2)CC1. The van der Waals surface area contributed by atoms with Crippen LogP contribution >= 0.6 is 11.3 Å². The monoisotopic (exact) mass is 495 g/mol. The third kappa shape index (κ3) is 5.55. The molecule has 7 nitrogen and oxygen atoms in total. The van der Waals surface area contributed by atoms with Crippen LogP contribution in [0.1, 0.15) is 43.9 Å². The Hall–Kier alpha value is -2.42. The van der Waals surface area contributed by atoms with Crippen molar-refractivity contribution in [1.82, 2.24) is 14.9 Å². The molecule has 0 atom stereocenters. The van der Waals surface area contributed by atoms with Gasteiger partial charge in [0.1, 0.15) is 11.4 Å². The van der Waals surface area contributed by atoms with E-state index in [-0.39, 0.29) is 6.10 Å². The number of aromatic nitrogens is 2. The summed E-state index contributed by atoms with van der Waals surface area (Å²) in [6.07, 6.45) is 5.49. The van der Waals surface area contributed by atoms with Crippen molar-refractivity contribution in [2.24, 2.45) is 0 Å². The standard InChI is InChI=1S/C27H37N5O2S/c1-3-16-34-26-20(2)17-21-6-4-9-28-24(21)25(26)31-11-5-10-30(14-15-31)18-22-19-35-27(29-22)32-12-7-23(33)8-13-32/h4,6,9,17,19,23,33H,3,5,7-8,10-16,18H2,1-2H3. The summed E-state index contributed by atoms with van der Waals surface area (Å²) in [6, 6.07) is 6.36. The Balaban J connectivity index is 1.30. The van der Waals surface area contributed by atoms with Crippen LogP contribution in [-0.2, 0) is 6.54 Å². The lowest BCUT2D eigenvalue weighted by Gasteiger charge is -2.29. The molecule has 1 aromatic carbocycles. The fourth-order valence-corrected chi connectivity index (χ4v) is 6.03. The molecule has 0 aliphatic carbocycles. The minimum absolute atomic E-state index is 0.153. The molecular weight excluding hydrogens is 458 g/mol. The van der Waals surface area contributed by atoms with Crippen LogP contribution in [-0.4, -0.2) is 72.0 Å². The molecule has 0 saturated carbocycles. The number of aliphatic hydroxyl groups is 1. The van der Waals surface area contributed by atoms with Crippen molar-refractivity contribution in [3.05, 3.63) is 41.0 Å². The quantitative estimate of drug-likeness (QED) is 0.519. The number of fused-ring (bicyclic) bond motifs is 1. The van der Waals surface area contributed by atoms with E-state index in [2.05, 4.69) is 46.1 Å². The lowest BCUT2D eigenvalue weighted by molar-refractivity contribution is 0.145. The molecular formula is C27H37N5O2S. The fourth-order valence-electron chi connectivity index (χ4n) is 5.16. The predicted molar refractivity (Wildman–Crippen MR) is 144 cm³/mol. The summed E-state index contributed by atoms with van der Waals surface area (Å²) >= 11 is 1.73. The highest BCUT2D eigenvalue weighted by molar-refractivity contribution is 7.13. The van der Waals surface area contributed by atoms with Gasteiger partial charge < -0.3 is 19.6 Å². The minimum Gasteiger partial charge on any atom is -0.491 e. The lowest BCUT2D eigenvalue weighted by Crippen LogP contribution is -2.35. The van der Waals surface area contributed by atoms with Crippen molar-refractivity contribution in [1.29, 1.82) is 0 Å². The first kappa shape index (κ1) is 24.3. The molecule has 0 amide bonds. The van der Waals surface area contributed by atoms with Crippen LogP contribution in [0.4, 0.5) is 10.8 Å². The molecule has 4 heterocycles. The van der Waals surface area contributed by atoms with Crippen molar-refractivity contribution < 1.29 is 9.84 Å². The van der Waals surface area contributed by atoms with Gasteiger partial charge in [0.25, 0.3) is 0 Å². The van der Waals surface area contributed by atoms with E-state index in [1.165, 1.54) is 10.9 Å². The molecule has 5 rings (SSSR count). The zero-order valence-electron chi connectivity index (χ0n) is 20.9. The highest BCUT2D eigenvalue weighted by Crippen LogP contribution is 2.39. The maximum Gasteiger partial charge on any atom is 0.185 e. The summed E-state index contributed by atoms with van der Waals surface area (Å²) in [4.78, 5) is 17.0. The summed E-state index contributed by atoms with van der Waals surface area (Å²) in [7, 11) is 0. The summed E-state index contributed by atoms with van der Waals surface area (Å²) in [6.45, 7) is 11.7. The van der Waals surface area contributed by atoms with E-state index in [9.17, 15) is 5.11 Å². The summed E-state index contributed by atoms with van der Waals surface area (Å²) in [5.74, 6) is 0.988. The van der Waals surface area contributed by atoms with Crippen LogP contribution in [0, 0.1) is 6.92 Å². The molecule has 8 heteroatoms. The van der Waals surface area contributed by atoms with Gasteiger partial charge in [0.15, 0.2) is 5.13 Å². The van der Waals surface area contributed by atoms with E-state index in [0.717, 1.165) is 99.3 Å². The number of aryl methyl sites for hydroxylation is 1. The third-order valence-corrected chi connectivity index (χ3v) is 7.97. The van der Waals surface area contributed by atoms with E-state index >= 15 is 0 Å². The Morgan fingerprint density at radius 1 is 1.11 bits per heavy atom. The van der Waals surface area contributed by atoms with Crippen LogP contribution in [0.5, 0.6) is 5.75 Å². The van der Waals surface area contributed by atoms with Crippen LogP contribution in [0.3, 0.4) is 0 Å². The van der Waals surface area contributed by atoms with E-state index in [4.69, 9.17) is 14.7 Å². The number of aliphatic hydroxyl groups excluding tert-OH is 1. The van der Waals surface area contributed by atoms with Crippen molar-refractivity contribution in [3.63, 3.8) is 0 Å². The van der Waals surface area contributed by atoms with Gasteiger partial charge >= 0.3 is 0 Å². The normalized spacial score (nSPS) is 18.3. The Morgan fingerprint density at radius 3 is 2.80 bits per heavy atom. The Kier molecular flexibility index (Phi) is 7.70. The average molecular weight is 496 g/mol. The number of pyridine rings is 1. The smallest absolute Gasteiger partial charge is 0.185 e. The van der Waals surface area contributed by atoms with Gasteiger partial charge in [-0.05, 0) is 50.3 Å². The van der Waals surface area contributed by atoms with Crippen LogP contribution < -0.4 is 14.5 Å². The van der Waals surface area contributed by atoms with E-state index < -0.39 is 0 Å². The number of piperidine rings is 1. The first-order chi connectivity index (χ1) is 17.1. The zero-order chi connectivity index (χ0) is 24.2. The third-order valence-electron chi connectivity index (χ3n) is 7.02. The molecule has 0 radical (unpaired) electrons. The molecule has 0 spiro atoms. The van der Waals surface area contributed by atoms with E-state index in [1.54, 1.807) is 11.3 Å². The predicted octanol–water partition coefficient (Wildman–Crippen LogP) is 4.46. The lowest BCUT2D eigenvalue weighted by atomic mass is 10.1. The van der Waals surface area contributed by atoms with Crippen molar-refractivity contribution in [2.75, 3.05) is 55.7 Å². The Labute approximate surface area is 212 Å². The van der Waals surface area contributed by atoms with Crippen LogP contribution in [0.2, 0.25) is 0 Å². The second-order valence-electron chi connectivity index (χ2n) is 9.75. The molecule has 2 saturated heterocycles. The number of rotatable bonds is 7. The Morgan fingerprint density at radius 2 is 1.97 bits per heavy atom.